The van der Waals surface area contributed by atoms with Crippen LogP contribution in [0.25, 0.3) is 43.4 Å². The molecule has 0 fully saturated rings. The van der Waals surface area contributed by atoms with E-state index in [0.29, 0.717) is 41.2 Å². The molecule has 10 heteroatoms. The lowest BCUT2D eigenvalue weighted by atomic mass is 9.99. The summed E-state index contributed by atoms with van der Waals surface area (Å²) in [5, 5.41) is 14.3. The van der Waals surface area contributed by atoms with Crippen LogP contribution >= 0.6 is 22.9 Å². The van der Waals surface area contributed by atoms with Crippen molar-refractivity contribution < 1.29 is 14.6 Å². The summed E-state index contributed by atoms with van der Waals surface area (Å²) in [5.74, 6) is 3.31. The van der Waals surface area contributed by atoms with Crippen LogP contribution in [0, 0.1) is 0 Å². The Hall–Kier alpha value is -3.66. The van der Waals surface area contributed by atoms with Crippen molar-refractivity contribution in [3.63, 3.8) is 0 Å². The number of benzene rings is 2. The number of imidazole rings is 1. The Labute approximate surface area is 223 Å². The molecular weight excluding hydrogens is 510 g/mol. The molecule has 0 atom stereocenters. The second kappa shape index (κ2) is 10.8. The summed E-state index contributed by atoms with van der Waals surface area (Å²) in [4.78, 5) is 16.0. The largest absolute Gasteiger partial charge is 0.497 e. The molecule has 3 aromatic heterocycles. The lowest BCUT2D eigenvalue weighted by Crippen LogP contribution is -2.07. The van der Waals surface area contributed by atoms with Crippen molar-refractivity contribution in [3.05, 3.63) is 59.9 Å². The molecule has 0 aliphatic carbocycles. The number of thiophene rings is 1. The summed E-state index contributed by atoms with van der Waals surface area (Å²) in [6.07, 6.45) is 4.17. The number of hydrogen-bond donors (Lipinski definition) is 2. The molecule has 190 valence electrons. The van der Waals surface area contributed by atoms with E-state index in [2.05, 4.69) is 10.3 Å². The summed E-state index contributed by atoms with van der Waals surface area (Å²) in [7, 11) is 5.19. The number of fused-ring (bicyclic) bond motifs is 1. The quantitative estimate of drug-likeness (QED) is 0.227. The van der Waals surface area contributed by atoms with Crippen molar-refractivity contribution in [2.45, 2.75) is 6.42 Å². The van der Waals surface area contributed by atoms with Crippen molar-refractivity contribution in [1.82, 2.24) is 19.5 Å². The first-order chi connectivity index (χ1) is 18.0. The van der Waals surface area contributed by atoms with Crippen LogP contribution in [0.5, 0.6) is 11.5 Å². The number of nitrogens with zero attached hydrogens (tertiary/aromatic N) is 4. The molecule has 0 bridgehead atoms. The zero-order chi connectivity index (χ0) is 25.9. The number of hydrogen-bond acceptors (Lipinski definition) is 8. The van der Waals surface area contributed by atoms with E-state index >= 15 is 0 Å². The van der Waals surface area contributed by atoms with E-state index in [-0.39, 0.29) is 6.61 Å². The highest BCUT2D eigenvalue weighted by Crippen LogP contribution is 2.49. The second-order valence-corrected chi connectivity index (χ2v) is 9.73. The van der Waals surface area contributed by atoms with E-state index in [1.165, 1.54) is 11.3 Å². The predicted octanol–water partition coefficient (Wildman–Crippen LogP) is 5.89. The first-order valence-corrected chi connectivity index (χ1v) is 12.9. The Balaban J connectivity index is 1.83. The van der Waals surface area contributed by atoms with E-state index in [4.69, 9.17) is 31.0 Å². The monoisotopic (exact) mass is 535 g/mol. The Morgan fingerprint density at radius 2 is 1.81 bits per heavy atom. The van der Waals surface area contributed by atoms with Crippen molar-refractivity contribution in [3.8, 4) is 44.7 Å². The molecule has 0 unspecified atom stereocenters. The number of anilines is 1. The Bertz CT molecular complexity index is 1550. The Morgan fingerprint density at radius 3 is 2.49 bits per heavy atom. The lowest BCUT2D eigenvalue weighted by molar-refractivity contribution is 0.292. The summed E-state index contributed by atoms with van der Waals surface area (Å²) >= 11 is 8.27. The molecule has 8 nitrogen and oxygen atoms in total. The van der Waals surface area contributed by atoms with Gasteiger partial charge in [0.2, 0.25) is 0 Å². The molecular formula is C27H26ClN5O3S. The molecule has 0 radical (unpaired) electrons. The van der Waals surface area contributed by atoms with Gasteiger partial charge in [-0.2, -0.15) is 0 Å². The Morgan fingerprint density at radius 1 is 1.05 bits per heavy atom. The maximum atomic E-state index is 9.39. The van der Waals surface area contributed by atoms with Crippen LogP contribution in [0.15, 0.2) is 54.9 Å². The molecule has 5 rings (SSSR count). The van der Waals surface area contributed by atoms with Crippen LogP contribution < -0.4 is 14.8 Å². The van der Waals surface area contributed by atoms with Gasteiger partial charge >= 0.3 is 0 Å². The second-order valence-electron chi connectivity index (χ2n) is 8.32. The number of aromatic nitrogens is 4. The fraction of sp³-hybridized carbons (Fsp3) is 0.222. The first kappa shape index (κ1) is 25.0. The minimum absolute atomic E-state index is 0.0765. The molecule has 0 amide bonds. The summed E-state index contributed by atoms with van der Waals surface area (Å²) in [6, 6.07) is 13.5. The molecule has 5 aromatic rings. The molecule has 0 spiro atoms. The molecule has 37 heavy (non-hydrogen) atoms. The van der Waals surface area contributed by atoms with Gasteiger partial charge < -0.3 is 24.5 Å². The van der Waals surface area contributed by atoms with Crippen LogP contribution in [-0.2, 0) is 7.05 Å². The number of aliphatic hydroxyl groups is 1. The summed E-state index contributed by atoms with van der Waals surface area (Å²) < 4.78 is 12.8. The number of halogens is 1. The SMILES string of the molecule is COc1ccc(-c2c(-c3cc(OC)ccc3Cl)sc3nc(-c4nccn4C)nc(NCCCO)c23)cc1. The highest BCUT2D eigenvalue weighted by atomic mass is 35.5. The highest BCUT2D eigenvalue weighted by molar-refractivity contribution is 7.22. The zero-order valence-electron chi connectivity index (χ0n) is 20.7. The fourth-order valence-electron chi connectivity index (χ4n) is 4.12. The van der Waals surface area contributed by atoms with Crippen LogP contribution in [0.1, 0.15) is 6.42 Å². The van der Waals surface area contributed by atoms with Crippen LogP contribution in [0.2, 0.25) is 5.02 Å². The lowest BCUT2D eigenvalue weighted by Gasteiger charge is -2.12. The average Bonchev–Trinajstić information content (AvgIpc) is 3.52. The van der Waals surface area contributed by atoms with Crippen LogP contribution in [-0.4, -0.2) is 52.0 Å². The third-order valence-corrected chi connectivity index (χ3v) is 7.44. The molecule has 3 heterocycles. The van der Waals surface area contributed by atoms with E-state index < -0.39 is 0 Å². The van der Waals surface area contributed by atoms with E-state index in [1.807, 2.05) is 60.3 Å². The predicted molar refractivity (Wildman–Crippen MR) is 149 cm³/mol. The number of aryl methyl sites for hydroxylation is 1. The number of methoxy groups -OCH3 is 2. The number of ether oxygens (including phenoxy) is 2. The minimum Gasteiger partial charge on any atom is -0.497 e. The minimum atomic E-state index is 0.0765. The average molecular weight is 536 g/mol. The van der Waals surface area contributed by atoms with Gasteiger partial charge in [-0.1, -0.05) is 23.7 Å². The number of aliphatic hydroxyl groups excluding tert-OH is 1. The molecule has 2 aromatic carbocycles. The third kappa shape index (κ3) is 4.85. The van der Waals surface area contributed by atoms with Gasteiger partial charge in [-0.15, -0.1) is 11.3 Å². The number of nitrogens with one attached hydrogen (secondary N) is 1. The standard InChI is InChI=1S/C27H26ClN5O3S/c1-33-13-12-30-26(33)25-31-24(29-11-4-14-34)22-21(16-5-7-17(35-2)8-6-16)23(37-27(22)32-25)19-15-18(36-3)9-10-20(19)28/h5-10,12-13,15,34H,4,11,14H2,1-3H3,(H,29,31,32). The third-order valence-electron chi connectivity index (χ3n) is 6.00. The summed E-state index contributed by atoms with van der Waals surface area (Å²) in [6.45, 7) is 0.628. The zero-order valence-corrected chi connectivity index (χ0v) is 22.2. The maximum absolute atomic E-state index is 9.39. The molecule has 2 N–H and O–H groups in total. The van der Waals surface area contributed by atoms with Gasteiger partial charge in [-0.25, -0.2) is 15.0 Å². The van der Waals surface area contributed by atoms with Gasteiger partial charge in [-0.05, 0) is 42.3 Å². The molecule has 0 aliphatic rings. The van der Waals surface area contributed by atoms with E-state index in [1.54, 1.807) is 20.4 Å². The van der Waals surface area contributed by atoms with Gasteiger partial charge in [-0.3, -0.25) is 0 Å². The molecule has 0 saturated carbocycles. The van der Waals surface area contributed by atoms with Crippen molar-refractivity contribution >= 4 is 39.0 Å². The van der Waals surface area contributed by atoms with Crippen molar-refractivity contribution in [2.75, 3.05) is 32.7 Å². The normalized spacial score (nSPS) is 11.2. The number of rotatable bonds is 9. The van der Waals surface area contributed by atoms with Gasteiger partial charge in [0, 0.05) is 53.6 Å². The van der Waals surface area contributed by atoms with Gasteiger partial charge in [0.25, 0.3) is 0 Å². The smallest absolute Gasteiger partial charge is 0.199 e. The van der Waals surface area contributed by atoms with E-state index in [9.17, 15) is 5.11 Å². The molecule has 0 aliphatic heterocycles. The fourth-order valence-corrected chi connectivity index (χ4v) is 5.62. The first-order valence-electron chi connectivity index (χ1n) is 11.7. The van der Waals surface area contributed by atoms with Crippen molar-refractivity contribution in [1.29, 1.82) is 0 Å². The maximum Gasteiger partial charge on any atom is 0.199 e. The van der Waals surface area contributed by atoms with Gasteiger partial charge in [0.05, 0.1) is 19.6 Å². The van der Waals surface area contributed by atoms with Crippen LogP contribution in [0.4, 0.5) is 5.82 Å². The van der Waals surface area contributed by atoms with Crippen LogP contribution in [0.3, 0.4) is 0 Å². The van der Waals surface area contributed by atoms with E-state index in [0.717, 1.165) is 37.5 Å². The highest BCUT2D eigenvalue weighted by Gasteiger charge is 2.24. The summed E-state index contributed by atoms with van der Waals surface area (Å²) in [5.41, 5.74) is 2.77. The van der Waals surface area contributed by atoms with Gasteiger partial charge in [0.1, 0.15) is 22.1 Å². The van der Waals surface area contributed by atoms with Crippen molar-refractivity contribution in [2.24, 2.45) is 7.05 Å². The molecule has 0 saturated heterocycles. The Kier molecular flexibility index (Phi) is 7.27. The van der Waals surface area contributed by atoms with Gasteiger partial charge in [0.15, 0.2) is 11.6 Å². The topological polar surface area (TPSA) is 94.3 Å².